The molecule has 33 heavy (non-hydrogen) atoms. The smallest absolute Gasteiger partial charge is 0.247 e. The highest BCUT2D eigenvalue weighted by molar-refractivity contribution is 7.88. The zero-order valence-corrected chi connectivity index (χ0v) is 20.7. The first kappa shape index (κ1) is 25.3. The fourth-order valence-corrected chi connectivity index (χ4v) is 5.52. The summed E-state index contributed by atoms with van der Waals surface area (Å²) in [7, 11) is -0.686. The van der Waals surface area contributed by atoms with Gasteiger partial charge in [0, 0.05) is 18.7 Å². The minimum Gasteiger partial charge on any atom is -0.497 e. The molecule has 1 aromatic rings. The number of carbonyl (C=O) groups is 2. The second-order valence-electron chi connectivity index (χ2n) is 9.09. The molecule has 10 heteroatoms. The van der Waals surface area contributed by atoms with Crippen LogP contribution < -0.4 is 19.7 Å². The van der Waals surface area contributed by atoms with Gasteiger partial charge in [-0.2, -0.15) is 4.31 Å². The number of amides is 2. The van der Waals surface area contributed by atoms with Crippen LogP contribution >= 0.6 is 0 Å². The van der Waals surface area contributed by atoms with E-state index in [2.05, 4.69) is 5.32 Å². The Morgan fingerprint density at radius 3 is 2.30 bits per heavy atom. The Morgan fingerprint density at radius 2 is 1.73 bits per heavy atom. The fourth-order valence-electron chi connectivity index (χ4n) is 4.69. The maximum Gasteiger partial charge on any atom is 0.247 e. The normalized spacial score (nSPS) is 23.5. The Kier molecular flexibility index (Phi) is 7.89. The zero-order chi connectivity index (χ0) is 24.2. The van der Waals surface area contributed by atoms with Crippen molar-refractivity contribution in [2.45, 2.75) is 63.5 Å². The summed E-state index contributed by atoms with van der Waals surface area (Å²) in [6, 6.07) is 4.98. The molecular weight excluding hydrogens is 446 g/mol. The van der Waals surface area contributed by atoms with Crippen molar-refractivity contribution in [3.63, 3.8) is 0 Å². The van der Waals surface area contributed by atoms with Gasteiger partial charge in [-0.1, -0.05) is 32.1 Å². The van der Waals surface area contributed by atoms with Gasteiger partial charge in [0.05, 0.1) is 32.7 Å². The molecule has 2 aliphatic rings. The molecule has 1 heterocycles. The number of carbonyl (C=O) groups excluding carboxylic acids is 2. The Hall–Kier alpha value is -2.33. The lowest BCUT2D eigenvalue weighted by Crippen LogP contribution is -2.70. The van der Waals surface area contributed by atoms with E-state index in [9.17, 15) is 18.0 Å². The van der Waals surface area contributed by atoms with Crippen LogP contribution in [0.3, 0.4) is 0 Å². The second-order valence-corrected chi connectivity index (χ2v) is 11.1. The lowest BCUT2D eigenvalue weighted by atomic mass is 9.92. The van der Waals surface area contributed by atoms with Crippen molar-refractivity contribution >= 4 is 27.5 Å². The molecule has 1 aromatic carbocycles. The van der Waals surface area contributed by atoms with Crippen LogP contribution in [0.15, 0.2) is 18.2 Å². The molecule has 1 saturated carbocycles. The quantitative estimate of drug-likeness (QED) is 0.669. The van der Waals surface area contributed by atoms with Gasteiger partial charge in [-0.25, -0.2) is 8.42 Å². The largest absolute Gasteiger partial charge is 0.497 e. The van der Waals surface area contributed by atoms with E-state index < -0.39 is 21.5 Å². The standard InChI is InChI=1S/C23H35N3O6S/c1-23(22(28)24-17-10-8-6-5-7-9-11-17)16-25(33(4,29)30)15-21(27)26(23)19-13-12-18(31-2)14-20(19)32-3/h12-14,17H,5-11,15-16H2,1-4H3,(H,24,28). The summed E-state index contributed by atoms with van der Waals surface area (Å²) in [6.45, 7) is 1.12. The van der Waals surface area contributed by atoms with E-state index in [0.29, 0.717) is 17.2 Å². The first-order valence-electron chi connectivity index (χ1n) is 11.4. The topological polar surface area (TPSA) is 105 Å². The molecule has 184 valence electrons. The van der Waals surface area contributed by atoms with E-state index in [1.807, 2.05) is 0 Å². The summed E-state index contributed by atoms with van der Waals surface area (Å²) in [4.78, 5) is 28.4. The van der Waals surface area contributed by atoms with Gasteiger partial charge < -0.3 is 14.8 Å². The van der Waals surface area contributed by atoms with Crippen LogP contribution in [0.25, 0.3) is 0 Å². The first-order valence-corrected chi connectivity index (χ1v) is 13.3. The number of benzene rings is 1. The second kappa shape index (κ2) is 10.3. The summed E-state index contributed by atoms with van der Waals surface area (Å²) in [5.41, 5.74) is -1.06. The molecule has 1 N–H and O–H groups in total. The summed E-state index contributed by atoms with van der Waals surface area (Å²) in [5.74, 6) is 0.0390. The number of ether oxygens (including phenoxy) is 2. The Morgan fingerprint density at radius 1 is 1.09 bits per heavy atom. The Bertz CT molecular complexity index is 974. The Labute approximate surface area is 196 Å². The van der Waals surface area contributed by atoms with Crippen molar-refractivity contribution in [1.29, 1.82) is 0 Å². The maximum atomic E-state index is 13.7. The molecule has 1 unspecified atom stereocenters. The molecule has 3 rings (SSSR count). The third kappa shape index (κ3) is 5.60. The van der Waals surface area contributed by atoms with E-state index in [4.69, 9.17) is 9.47 Å². The fraction of sp³-hybridized carbons (Fsp3) is 0.652. The predicted molar refractivity (Wildman–Crippen MR) is 126 cm³/mol. The average Bonchev–Trinajstić information content (AvgIpc) is 2.74. The summed E-state index contributed by atoms with van der Waals surface area (Å²) < 4.78 is 36.5. The number of sulfonamides is 1. The number of hydrogen-bond donors (Lipinski definition) is 1. The van der Waals surface area contributed by atoms with E-state index in [-0.39, 0.29) is 25.0 Å². The molecule has 1 aliphatic heterocycles. The predicted octanol–water partition coefficient (Wildman–Crippen LogP) is 2.30. The Balaban J connectivity index is 2.01. The lowest BCUT2D eigenvalue weighted by Gasteiger charge is -2.47. The van der Waals surface area contributed by atoms with Gasteiger partial charge in [-0.3, -0.25) is 14.5 Å². The van der Waals surface area contributed by atoms with Crippen LogP contribution in [0.2, 0.25) is 0 Å². The van der Waals surface area contributed by atoms with Crippen molar-refractivity contribution in [3.05, 3.63) is 18.2 Å². The molecule has 1 saturated heterocycles. The maximum absolute atomic E-state index is 13.7. The molecule has 2 amide bonds. The van der Waals surface area contributed by atoms with Crippen molar-refractivity contribution in [2.24, 2.45) is 0 Å². The minimum atomic E-state index is -3.68. The monoisotopic (exact) mass is 481 g/mol. The third-order valence-electron chi connectivity index (χ3n) is 6.57. The number of nitrogens with one attached hydrogen (secondary N) is 1. The molecule has 1 aliphatic carbocycles. The van der Waals surface area contributed by atoms with Crippen LogP contribution in [0.1, 0.15) is 51.9 Å². The van der Waals surface area contributed by atoms with Crippen LogP contribution in [0, 0.1) is 0 Å². The average molecular weight is 482 g/mol. The highest BCUT2D eigenvalue weighted by Gasteiger charge is 2.51. The van der Waals surface area contributed by atoms with Crippen LogP contribution in [-0.2, 0) is 19.6 Å². The van der Waals surface area contributed by atoms with Gasteiger partial charge in [-0.05, 0) is 31.9 Å². The summed E-state index contributed by atoms with van der Waals surface area (Å²) in [5, 5.41) is 3.13. The van der Waals surface area contributed by atoms with Gasteiger partial charge in [-0.15, -0.1) is 0 Å². The van der Waals surface area contributed by atoms with Gasteiger partial charge in [0.2, 0.25) is 21.8 Å². The van der Waals surface area contributed by atoms with Gasteiger partial charge in [0.1, 0.15) is 17.0 Å². The summed E-state index contributed by atoms with van der Waals surface area (Å²) in [6.07, 6.45) is 8.35. The minimum absolute atomic E-state index is 0.00190. The molecule has 0 aromatic heterocycles. The van der Waals surface area contributed by atoms with Crippen molar-refractivity contribution in [3.8, 4) is 11.5 Å². The van der Waals surface area contributed by atoms with E-state index in [0.717, 1.165) is 49.1 Å². The van der Waals surface area contributed by atoms with E-state index >= 15 is 0 Å². The number of methoxy groups -OCH3 is 2. The van der Waals surface area contributed by atoms with E-state index in [1.165, 1.54) is 25.5 Å². The molecule has 0 radical (unpaired) electrons. The molecule has 9 nitrogen and oxygen atoms in total. The first-order chi connectivity index (χ1) is 15.6. The van der Waals surface area contributed by atoms with E-state index in [1.54, 1.807) is 25.1 Å². The highest BCUT2D eigenvalue weighted by atomic mass is 32.2. The summed E-state index contributed by atoms with van der Waals surface area (Å²) >= 11 is 0. The molecule has 0 spiro atoms. The number of rotatable bonds is 6. The molecule has 0 bridgehead atoms. The number of hydrogen-bond acceptors (Lipinski definition) is 6. The van der Waals surface area contributed by atoms with Crippen molar-refractivity contribution in [1.82, 2.24) is 9.62 Å². The van der Waals surface area contributed by atoms with Crippen LogP contribution in [-0.4, -0.2) is 69.7 Å². The molecule has 1 atom stereocenters. The number of nitrogens with zero attached hydrogens (tertiary/aromatic N) is 2. The van der Waals surface area contributed by atoms with Crippen LogP contribution in [0.5, 0.6) is 11.5 Å². The van der Waals surface area contributed by atoms with Gasteiger partial charge in [0.25, 0.3) is 0 Å². The SMILES string of the molecule is COc1ccc(N2C(=O)CN(S(C)(=O)=O)CC2(C)C(=O)NC2CCCCCCC2)c(OC)c1. The zero-order valence-electron chi connectivity index (χ0n) is 19.9. The van der Waals surface area contributed by atoms with Crippen LogP contribution in [0.4, 0.5) is 5.69 Å². The highest BCUT2D eigenvalue weighted by Crippen LogP contribution is 2.38. The number of anilines is 1. The van der Waals surface area contributed by atoms with Gasteiger partial charge in [0.15, 0.2) is 0 Å². The van der Waals surface area contributed by atoms with Gasteiger partial charge >= 0.3 is 0 Å². The lowest BCUT2D eigenvalue weighted by molar-refractivity contribution is -0.133. The third-order valence-corrected chi connectivity index (χ3v) is 7.76. The van der Waals surface area contributed by atoms with Crippen molar-refractivity contribution in [2.75, 3.05) is 38.5 Å². The molecule has 2 fully saturated rings. The van der Waals surface area contributed by atoms with Crippen molar-refractivity contribution < 1.29 is 27.5 Å². The number of piperazine rings is 1. The molecular formula is C23H35N3O6S.